The van der Waals surface area contributed by atoms with Crippen molar-refractivity contribution in [2.24, 2.45) is 0 Å². The van der Waals surface area contributed by atoms with Crippen molar-refractivity contribution in [3.8, 4) is 0 Å². The molecule has 1 aromatic carbocycles. The number of benzene rings is 1. The van der Waals surface area contributed by atoms with Crippen molar-refractivity contribution in [3.63, 3.8) is 0 Å². The maximum atomic E-state index is 12.0. The van der Waals surface area contributed by atoms with Crippen LogP contribution in [0.5, 0.6) is 0 Å². The summed E-state index contributed by atoms with van der Waals surface area (Å²) < 4.78 is 24.0. The summed E-state index contributed by atoms with van der Waals surface area (Å²) in [6, 6.07) is 4.52. The molecule has 11 heavy (non-hydrogen) atoms. The molecule has 0 N–H and O–H groups in total. The molecule has 1 nitrogen and oxygen atoms in total. The van der Waals surface area contributed by atoms with Gasteiger partial charge in [-0.15, -0.1) is 0 Å². The van der Waals surface area contributed by atoms with Gasteiger partial charge in [0.15, 0.2) is 0 Å². The molecule has 1 radical (unpaired) electrons. The van der Waals surface area contributed by atoms with Crippen LogP contribution in [-0.2, 0) is 11.2 Å². The van der Waals surface area contributed by atoms with E-state index in [1.165, 1.54) is 12.1 Å². The molecule has 4 heteroatoms. The SMILES string of the molecule is [O]C(F)(F)c1ccc(Cl)cc1. The number of hydrogen-bond acceptors (Lipinski definition) is 0. The zero-order valence-corrected chi connectivity index (χ0v) is 6.11. The van der Waals surface area contributed by atoms with Gasteiger partial charge in [-0.05, 0) is 24.3 Å². The highest BCUT2D eigenvalue weighted by molar-refractivity contribution is 6.30. The molecule has 0 saturated heterocycles. The molecular weight excluding hydrogens is 174 g/mol. The normalized spacial score (nSPS) is 11.6. The molecule has 0 saturated carbocycles. The van der Waals surface area contributed by atoms with E-state index in [1.54, 1.807) is 0 Å². The van der Waals surface area contributed by atoms with E-state index in [9.17, 15) is 13.9 Å². The first-order chi connectivity index (χ1) is 5.00. The molecule has 0 heterocycles. The summed E-state index contributed by atoms with van der Waals surface area (Å²) in [4.78, 5) is 0. The number of alkyl halides is 2. The van der Waals surface area contributed by atoms with Crippen LogP contribution in [0.25, 0.3) is 0 Å². The molecule has 1 aromatic rings. The van der Waals surface area contributed by atoms with E-state index in [0.717, 1.165) is 12.1 Å². The first-order valence-corrected chi connectivity index (χ1v) is 3.22. The summed E-state index contributed by atoms with van der Waals surface area (Å²) in [5.74, 6) is 0. The third kappa shape index (κ3) is 2.13. The maximum absolute atomic E-state index is 12.0. The number of hydrogen-bond donors (Lipinski definition) is 0. The molecule has 0 atom stereocenters. The standard InChI is InChI=1S/C7H4ClF2O/c8-6-3-1-5(2-4-6)7(9,10)11/h1-4H. The van der Waals surface area contributed by atoms with Gasteiger partial charge < -0.3 is 0 Å². The minimum atomic E-state index is -4.02. The molecule has 0 aliphatic carbocycles. The van der Waals surface area contributed by atoms with Crippen LogP contribution in [-0.4, -0.2) is 0 Å². The van der Waals surface area contributed by atoms with Gasteiger partial charge in [0.2, 0.25) is 0 Å². The lowest BCUT2D eigenvalue weighted by atomic mass is 10.2. The van der Waals surface area contributed by atoms with Crippen LogP contribution in [0.4, 0.5) is 8.78 Å². The van der Waals surface area contributed by atoms with Crippen LogP contribution in [0.15, 0.2) is 24.3 Å². The third-order valence-electron chi connectivity index (χ3n) is 1.18. The lowest BCUT2D eigenvalue weighted by molar-refractivity contribution is -0.252. The van der Waals surface area contributed by atoms with E-state index in [1.807, 2.05) is 0 Å². The summed E-state index contributed by atoms with van der Waals surface area (Å²) in [6.07, 6.45) is -4.02. The Kier molecular flexibility index (Phi) is 2.11. The molecule has 0 bridgehead atoms. The largest absolute Gasteiger partial charge is 0.408 e. The second-order valence-electron chi connectivity index (χ2n) is 2.02. The van der Waals surface area contributed by atoms with Crippen molar-refractivity contribution in [2.75, 3.05) is 0 Å². The summed E-state index contributed by atoms with van der Waals surface area (Å²) in [7, 11) is 0. The Balaban J connectivity index is 2.99. The van der Waals surface area contributed by atoms with Gasteiger partial charge in [-0.1, -0.05) is 11.6 Å². The maximum Gasteiger partial charge on any atom is 0.408 e. The Hall–Kier alpha value is -0.670. The smallest absolute Gasteiger partial charge is 0.168 e. The summed E-state index contributed by atoms with van der Waals surface area (Å²) in [5.41, 5.74) is -0.568. The summed E-state index contributed by atoms with van der Waals surface area (Å²) in [5, 5.41) is 10.4. The Morgan fingerprint density at radius 2 is 1.64 bits per heavy atom. The molecule has 0 aliphatic rings. The van der Waals surface area contributed by atoms with E-state index in [-0.39, 0.29) is 0 Å². The topological polar surface area (TPSA) is 19.9 Å². The lowest BCUT2D eigenvalue weighted by Crippen LogP contribution is -2.08. The monoisotopic (exact) mass is 177 g/mol. The lowest BCUT2D eigenvalue weighted by Gasteiger charge is -2.04. The van der Waals surface area contributed by atoms with Gasteiger partial charge in [-0.3, -0.25) is 0 Å². The quantitative estimate of drug-likeness (QED) is 0.629. The minimum Gasteiger partial charge on any atom is -0.168 e. The van der Waals surface area contributed by atoms with Crippen LogP contribution >= 0.6 is 11.6 Å². The molecule has 0 unspecified atom stereocenters. The van der Waals surface area contributed by atoms with Gasteiger partial charge in [0.05, 0.1) is 5.56 Å². The Morgan fingerprint density at radius 1 is 1.18 bits per heavy atom. The first-order valence-electron chi connectivity index (χ1n) is 2.84. The van der Waals surface area contributed by atoms with Gasteiger partial charge in [0.1, 0.15) is 0 Å². The molecule has 0 aliphatic heterocycles. The van der Waals surface area contributed by atoms with Crippen LogP contribution in [0.3, 0.4) is 0 Å². The van der Waals surface area contributed by atoms with Crippen LogP contribution in [0.2, 0.25) is 5.02 Å². The molecule has 0 amide bonds. The van der Waals surface area contributed by atoms with Crippen molar-refractivity contribution in [1.29, 1.82) is 0 Å². The Bertz CT molecular complexity index is 240. The third-order valence-corrected chi connectivity index (χ3v) is 1.43. The van der Waals surface area contributed by atoms with E-state index in [0.29, 0.717) is 5.02 Å². The Morgan fingerprint density at radius 3 is 2.00 bits per heavy atom. The predicted octanol–water partition coefficient (Wildman–Crippen LogP) is 2.82. The number of rotatable bonds is 1. The number of halogens is 3. The minimum absolute atomic E-state index is 0.331. The van der Waals surface area contributed by atoms with E-state index in [4.69, 9.17) is 11.6 Å². The Labute approximate surface area is 67.2 Å². The zero-order chi connectivity index (χ0) is 8.48. The molecule has 0 fully saturated rings. The van der Waals surface area contributed by atoms with Gasteiger partial charge in [-0.2, -0.15) is 13.9 Å². The molecule has 1 rings (SSSR count). The van der Waals surface area contributed by atoms with Crippen molar-refractivity contribution in [3.05, 3.63) is 34.9 Å². The summed E-state index contributed by atoms with van der Waals surface area (Å²) >= 11 is 5.41. The van der Waals surface area contributed by atoms with Crippen molar-refractivity contribution in [2.45, 2.75) is 6.11 Å². The average Bonchev–Trinajstić information content (AvgIpc) is 1.86. The second kappa shape index (κ2) is 2.75. The van der Waals surface area contributed by atoms with Crippen molar-refractivity contribution < 1.29 is 13.9 Å². The van der Waals surface area contributed by atoms with Crippen molar-refractivity contribution >= 4 is 11.6 Å². The fraction of sp³-hybridized carbons (Fsp3) is 0.143. The van der Waals surface area contributed by atoms with Gasteiger partial charge in [-0.25, -0.2) is 0 Å². The second-order valence-corrected chi connectivity index (χ2v) is 2.46. The highest BCUT2D eigenvalue weighted by atomic mass is 35.5. The van der Waals surface area contributed by atoms with E-state index in [2.05, 4.69) is 0 Å². The highest BCUT2D eigenvalue weighted by Gasteiger charge is 2.29. The van der Waals surface area contributed by atoms with Gasteiger partial charge in [0, 0.05) is 5.02 Å². The fourth-order valence-electron chi connectivity index (χ4n) is 0.644. The average molecular weight is 178 g/mol. The van der Waals surface area contributed by atoms with E-state index < -0.39 is 11.7 Å². The van der Waals surface area contributed by atoms with Gasteiger partial charge >= 0.3 is 6.11 Å². The zero-order valence-electron chi connectivity index (χ0n) is 5.35. The first kappa shape index (κ1) is 8.43. The highest BCUT2D eigenvalue weighted by Crippen LogP contribution is 2.25. The van der Waals surface area contributed by atoms with Crippen LogP contribution in [0, 0.1) is 0 Å². The summed E-state index contributed by atoms with van der Waals surface area (Å²) in [6.45, 7) is 0. The molecular formula is C7H4ClF2O. The molecule has 0 spiro atoms. The van der Waals surface area contributed by atoms with Crippen LogP contribution in [0.1, 0.15) is 5.56 Å². The van der Waals surface area contributed by atoms with Gasteiger partial charge in [0.25, 0.3) is 0 Å². The van der Waals surface area contributed by atoms with Crippen molar-refractivity contribution in [1.82, 2.24) is 0 Å². The van der Waals surface area contributed by atoms with Crippen LogP contribution < -0.4 is 0 Å². The predicted molar refractivity (Wildman–Crippen MR) is 36.0 cm³/mol. The molecule has 59 valence electrons. The molecule has 0 aromatic heterocycles. The fourth-order valence-corrected chi connectivity index (χ4v) is 0.770. The van der Waals surface area contributed by atoms with E-state index >= 15 is 0 Å².